The molecule has 27 heavy (non-hydrogen) atoms. The zero-order valence-corrected chi connectivity index (χ0v) is 17.5. The molecule has 150 valence electrons. The summed E-state index contributed by atoms with van der Waals surface area (Å²) in [7, 11) is 1.79. The van der Waals surface area contributed by atoms with Crippen molar-refractivity contribution in [3.05, 3.63) is 35.4 Å². The van der Waals surface area contributed by atoms with Gasteiger partial charge >= 0.3 is 0 Å². The second-order valence-electron chi connectivity index (χ2n) is 8.48. The van der Waals surface area contributed by atoms with Crippen LogP contribution in [0, 0.1) is 5.92 Å². The smallest absolute Gasteiger partial charge is 0.193 e. The van der Waals surface area contributed by atoms with Crippen LogP contribution in [-0.2, 0) is 17.7 Å². The summed E-state index contributed by atoms with van der Waals surface area (Å²) in [6, 6.07) is 8.84. The van der Waals surface area contributed by atoms with Crippen LogP contribution in [0.3, 0.4) is 0 Å². The molecule has 5 heteroatoms. The Kier molecular flexibility index (Phi) is 6.77. The third kappa shape index (κ3) is 5.02. The van der Waals surface area contributed by atoms with Crippen molar-refractivity contribution in [2.24, 2.45) is 10.9 Å². The van der Waals surface area contributed by atoms with Crippen LogP contribution in [0.15, 0.2) is 29.3 Å². The number of aliphatic imine (C=N–C) groups is 1. The normalized spacial score (nSPS) is 21.4. The third-order valence-electron chi connectivity index (χ3n) is 5.93. The standard InChI is InChI=1S/C22H36N4O/c1-5-23-21(25-12-10-18(14-25)16-27-4)24-17-22(2,3)26-13-11-19-8-6-7-9-20(19)15-26/h6-9,18H,5,10-17H2,1-4H3,(H,23,24). The van der Waals surface area contributed by atoms with Crippen molar-refractivity contribution in [1.29, 1.82) is 0 Å². The van der Waals surface area contributed by atoms with Gasteiger partial charge in [0.05, 0.1) is 13.2 Å². The monoisotopic (exact) mass is 372 g/mol. The van der Waals surface area contributed by atoms with Crippen LogP contribution in [0.4, 0.5) is 0 Å². The van der Waals surface area contributed by atoms with Gasteiger partial charge in [0.2, 0.25) is 0 Å². The van der Waals surface area contributed by atoms with Gasteiger partial charge in [-0.2, -0.15) is 0 Å². The van der Waals surface area contributed by atoms with Gasteiger partial charge in [0.25, 0.3) is 0 Å². The molecule has 2 aliphatic heterocycles. The highest BCUT2D eigenvalue weighted by Crippen LogP contribution is 2.26. The fraction of sp³-hybridized carbons (Fsp3) is 0.682. The first-order valence-corrected chi connectivity index (χ1v) is 10.4. The Morgan fingerprint density at radius 3 is 2.78 bits per heavy atom. The molecule has 1 N–H and O–H groups in total. The van der Waals surface area contributed by atoms with Crippen molar-refractivity contribution in [3.63, 3.8) is 0 Å². The van der Waals surface area contributed by atoms with Gasteiger partial charge in [0, 0.05) is 51.3 Å². The summed E-state index contributed by atoms with van der Waals surface area (Å²) in [5.74, 6) is 1.67. The van der Waals surface area contributed by atoms with Crippen LogP contribution in [-0.4, -0.2) is 67.7 Å². The van der Waals surface area contributed by atoms with E-state index in [1.165, 1.54) is 17.5 Å². The van der Waals surface area contributed by atoms with Gasteiger partial charge in [-0.05, 0) is 44.7 Å². The molecule has 1 saturated heterocycles. The highest BCUT2D eigenvalue weighted by Gasteiger charge is 2.30. The summed E-state index contributed by atoms with van der Waals surface area (Å²) < 4.78 is 5.34. The number of nitrogens with one attached hydrogen (secondary N) is 1. The summed E-state index contributed by atoms with van der Waals surface area (Å²) >= 11 is 0. The number of fused-ring (bicyclic) bond motifs is 1. The first kappa shape index (κ1) is 20.2. The minimum absolute atomic E-state index is 0.0415. The number of guanidine groups is 1. The van der Waals surface area contributed by atoms with Gasteiger partial charge in [0.1, 0.15) is 0 Å². The maximum Gasteiger partial charge on any atom is 0.193 e. The number of likely N-dealkylation sites (tertiary alicyclic amines) is 1. The predicted octanol–water partition coefficient (Wildman–Crippen LogP) is 2.76. The van der Waals surface area contributed by atoms with Gasteiger partial charge in [-0.25, -0.2) is 0 Å². The maximum absolute atomic E-state index is 5.34. The highest BCUT2D eigenvalue weighted by molar-refractivity contribution is 5.80. The van der Waals surface area contributed by atoms with Crippen LogP contribution in [0.25, 0.3) is 0 Å². The minimum Gasteiger partial charge on any atom is -0.384 e. The molecule has 0 radical (unpaired) electrons. The Morgan fingerprint density at radius 1 is 1.26 bits per heavy atom. The van der Waals surface area contributed by atoms with Gasteiger partial charge in [0.15, 0.2) is 5.96 Å². The van der Waals surface area contributed by atoms with E-state index in [0.29, 0.717) is 5.92 Å². The van der Waals surface area contributed by atoms with Crippen molar-refractivity contribution >= 4 is 5.96 Å². The number of hydrogen-bond acceptors (Lipinski definition) is 3. The molecule has 0 bridgehead atoms. The van der Waals surface area contributed by atoms with E-state index in [4.69, 9.17) is 9.73 Å². The average Bonchev–Trinajstić information content (AvgIpc) is 3.13. The van der Waals surface area contributed by atoms with E-state index in [1.807, 2.05) is 0 Å². The van der Waals surface area contributed by atoms with E-state index in [-0.39, 0.29) is 5.54 Å². The van der Waals surface area contributed by atoms with Gasteiger partial charge in [-0.1, -0.05) is 24.3 Å². The Bertz CT molecular complexity index is 643. The number of hydrogen-bond donors (Lipinski definition) is 1. The quantitative estimate of drug-likeness (QED) is 0.616. The molecule has 3 rings (SSSR count). The average molecular weight is 373 g/mol. The largest absolute Gasteiger partial charge is 0.384 e. The van der Waals surface area contributed by atoms with Crippen molar-refractivity contribution < 1.29 is 4.74 Å². The SMILES string of the molecule is CCNC(=NCC(C)(C)N1CCc2ccccc2C1)N1CCC(COC)C1. The lowest BCUT2D eigenvalue weighted by Crippen LogP contribution is -2.49. The van der Waals surface area contributed by atoms with Crippen LogP contribution in [0.5, 0.6) is 0 Å². The summed E-state index contributed by atoms with van der Waals surface area (Å²) in [4.78, 5) is 10.0. The number of ether oxygens (including phenoxy) is 1. The molecule has 5 nitrogen and oxygen atoms in total. The van der Waals surface area contributed by atoms with Gasteiger partial charge in [-0.15, -0.1) is 0 Å². The first-order chi connectivity index (χ1) is 13.0. The van der Waals surface area contributed by atoms with Crippen LogP contribution < -0.4 is 5.32 Å². The Hall–Kier alpha value is -1.59. The Labute approximate surface area is 164 Å². The molecule has 0 aliphatic carbocycles. The van der Waals surface area contributed by atoms with Crippen LogP contribution in [0.2, 0.25) is 0 Å². The number of benzene rings is 1. The summed E-state index contributed by atoms with van der Waals surface area (Å²) in [5, 5.41) is 3.49. The molecule has 0 amide bonds. The molecule has 2 heterocycles. The van der Waals surface area contributed by atoms with E-state index in [1.54, 1.807) is 7.11 Å². The Morgan fingerprint density at radius 2 is 2.04 bits per heavy atom. The third-order valence-corrected chi connectivity index (χ3v) is 5.93. The lowest BCUT2D eigenvalue weighted by atomic mass is 9.94. The fourth-order valence-electron chi connectivity index (χ4n) is 4.20. The molecule has 1 aromatic carbocycles. The lowest BCUT2D eigenvalue weighted by molar-refractivity contribution is 0.111. The van der Waals surface area contributed by atoms with Crippen LogP contribution >= 0.6 is 0 Å². The zero-order chi connectivity index (χ0) is 19.3. The maximum atomic E-state index is 5.34. The molecular formula is C22H36N4O. The lowest BCUT2D eigenvalue weighted by Gasteiger charge is -2.41. The topological polar surface area (TPSA) is 40.1 Å². The van der Waals surface area contributed by atoms with Gasteiger partial charge in [-0.3, -0.25) is 9.89 Å². The minimum atomic E-state index is 0.0415. The molecule has 1 unspecified atom stereocenters. The predicted molar refractivity (Wildman–Crippen MR) is 112 cm³/mol. The van der Waals surface area contributed by atoms with E-state index >= 15 is 0 Å². The molecule has 2 aliphatic rings. The van der Waals surface area contributed by atoms with Crippen molar-refractivity contribution in [2.45, 2.75) is 45.7 Å². The second kappa shape index (κ2) is 9.07. The Balaban J connectivity index is 1.64. The molecular weight excluding hydrogens is 336 g/mol. The molecule has 0 aromatic heterocycles. The van der Waals surface area contributed by atoms with Crippen molar-refractivity contribution in [3.8, 4) is 0 Å². The number of nitrogens with zero attached hydrogens (tertiary/aromatic N) is 3. The van der Waals surface area contributed by atoms with E-state index in [2.05, 4.69) is 60.2 Å². The highest BCUT2D eigenvalue weighted by atomic mass is 16.5. The summed E-state index contributed by atoms with van der Waals surface area (Å²) in [6.07, 6.45) is 2.32. The van der Waals surface area contributed by atoms with Crippen LogP contribution in [0.1, 0.15) is 38.3 Å². The zero-order valence-electron chi connectivity index (χ0n) is 17.5. The van der Waals surface area contributed by atoms with E-state index in [0.717, 1.165) is 58.3 Å². The molecule has 1 aromatic rings. The number of rotatable bonds is 6. The summed E-state index contributed by atoms with van der Waals surface area (Å²) in [6.45, 7) is 13.6. The van der Waals surface area contributed by atoms with Gasteiger partial charge < -0.3 is 15.0 Å². The molecule has 1 fully saturated rings. The van der Waals surface area contributed by atoms with E-state index in [9.17, 15) is 0 Å². The molecule has 1 atom stereocenters. The summed E-state index contributed by atoms with van der Waals surface area (Å²) in [5.41, 5.74) is 3.01. The molecule has 0 spiro atoms. The van der Waals surface area contributed by atoms with Crippen molar-refractivity contribution in [2.75, 3.05) is 46.4 Å². The number of methoxy groups -OCH3 is 1. The molecule has 0 saturated carbocycles. The fourth-order valence-corrected chi connectivity index (χ4v) is 4.20. The van der Waals surface area contributed by atoms with E-state index < -0.39 is 0 Å². The first-order valence-electron chi connectivity index (χ1n) is 10.4. The van der Waals surface area contributed by atoms with Crippen molar-refractivity contribution in [1.82, 2.24) is 15.1 Å². The second-order valence-corrected chi connectivity index (χ2v) is 8.48.